The van der Waals surface area contributed by atoms with Gasteiger partial charge in [-0.1, -0.05) is 5.57 Å². The van der Waals surface area contributed by atoms with Gasteiger partial charge in [-0.25, -0.2) is 4.79 Å². The maximum Gasteiger partial charge on any atom is 0.331 e. The normalized spacial score (nSPS) is 9.60. The maximum atomic E-state index is 11.6. The van der Waals surface area contributed by atoms with E-state index in [0.717, 1.165) is 11.3 Å². The van der Waals surface area contributed by atoms with Crippen LogP contribution in [0.3, 0.4) is 0 Å². The standard InChI is InChI=1S/C15H20N2O3/c1-11(2)9-15(19)20-10-14(18)16-12-5-7-13(8-6-12)17(3)4/h5-9H,10H2,1-4H3,(H,16,18). The van der Waals surface area contributed by atoms with Gasteiger partial charge in [0.15, 0.2) is 6.61 Å². The van der Waals surface area contributed by atoms with Gasteiger partial charge in [0.05, 0.1) is 0 Å². The van der Waals surface area contributed by atoms with Gasteiger partial charge in [-0.15, -0.1) is 0 Å². The predicted octanol–water partition coefficient (Wildman–Crippen LogP) is 2.20. The van der Waals surface area contributed by atoms with Gasteiger partial charge in [0.1, 0.15) is 0 Å². The summed E-state index contributed by atoms with van der Waals surface area (Å²) in [6, 6.07) is 7.38. The molecule has 0 aliphatic heterocycles. The molecule has 0 bridgehead atoms. The molecular weight excluding hydrogens is 256 g/mol. The molecule has 1 rings (SSSR count). The number of esters is 1. The lowest BCUT2D eigenvalue weighted by Gasteiger charge is -2.13. The molecule has 5 nitrogen and oxygen atoms in total. The number of hydrogen-bond donors (Lipinski definition) is 1. The topological polar surface area (TPSA) is 58.6 Å². The van der Waals surface area contributed by atoms with E-state index >= 15 is 0 Å². The van der Waals surface area contributed by atoms with Gasteiger partial charge in [0, 0.05) is 31.5 Å². The summed E-state index contributed by atoms with van der Waals surface area (Å²) >= 11 is 0. The molecule has 1 aromatic carbocycles. The van der Waals surface area contributed by atoms with E-state index in [-0.39, 0.29) is 12.5 Å². The minimum absolute atomic E-state index is 0.294. The predicted molar refractivity (Wildman–Crippen MR) is 79.8 cm³/mol. The highest BCUT2D eigenvalue weighted by Crippen LogP contribution is 2.15. The van der Waals surface area contributed by atoms with Crippen molar-refractivity contribution in [2.24, 2.45) is 0 Å². The average Bonchev–Trinajstić information content (AvgIpc) is 2.36. The van der Waals surface area contributed by atoms with Gasteiger partial charge in [0.2, 0.25) is 0 Å². The van der Waals surface area contributed by atoms with Crippen molar-refractivity contribution in [3.8, 4) is 0 Å². The molecule has 0 atom stereocenters. The van der Waals surface area contributed by atoms with Crippen molar-refractivity contribution in [1.29, 1.82) is 0 Å². The number of carbonyl (C=O) groups excluding carboxylic acids is 2. The van der Waals surface area contributed by atoms with Crippen LogP contribution < -0.4 is 10.2 Å². The minimum atomic E-state index is -0.511. The Morgan fingerprint density at radius 3 is 2.30 bits per heavy atom. The highest BCUT2D eigenvalue weighted by molar-refractivity contribution is 5.94. The van der Waals surface area contributed by atoms with E-state index in [1.165, 1.54) is 6.08 Å². The zero-order valence-corrected chi connectivity index (χ0v) is 12.3. The van der Waals surface area contributed by atoms with Crippen LogP contribution in [0.4, 0.5) is 11.4 Å². The lowest BCUT2D eigenvalue weighted by Crippen LogP contribution is -2.20. The first-order valence-corrected chi connectivity index (χ1v) is 6.27. The third-order valence-corrected chi connectivity index (χ3v) is 2.42. The third kappa shape index (κ3) is 5.56. The molecule has 1 N–H and O–H groups in total. The van der Waals surface area contributed by atoms with Gasteiger partial charge in [-0.2, -0.15) is 0 Å². The lowest BCUT2D eigenvalue weighted by atomic mass is 10.2. The van der Waals surface area contributed by atoms with E-state index < -0.39 is 5.97 Å². The van der Waals surface area contributed by atoms with Gasteiger partial charge in [-0.05, 0) is 38.1 Å². The number of ether oxygens (including phenoxy) is 1. The molecule has 0 spiro atoms. The molecule has 5 heteroatoms. The smallest absolute Gasteiger partial charge is 0.331 e. The van der Waals surface area contributed by atoms with Crippen molar-refractivity contribution in [3.05, 3.63) is 35.9 Å². The first-order valence-electron chi connectivity index (χ1n) is 6.27. The molecular formula is C15H20N2O3. The van der Waals surface area contributed by atoms with Crippen LogP contribution in [0.2, 0.25) is 0 Å². The molecule has 0 unspecified atom stereocenters. The summed E-state index contributed by atoms with van der Waals surface area (Å²) in [6.07, 6.45) is 1.35. The van der Waals surface area contributed by atoms with Crippen LogP contribution in [-0.2, 0) is 14.3 Å². The van der Waals surface area contributed by atoms with E-state index in [9.17, 15) is 9.59 Å². The lowest BCUT2D eigenvalue weighted by molar-refractivity contribution is -0.142. The highest BCUT2D eigenvalue weighted by atomic mass is 16.5. The van der Waals surface area contributed by atoms with Crippen molar-refractivity contribution < 1.29 is 14.3 Å². The van der Waals surface area contributed by atoms with E-state index in [1.807, 2.05) is 31.1 Å². The fourth-order valence-electron chi connectivity index (χ4n) is 1.45. The highest BCUT2D eigenvalue weighted by Gasteiger charge is 2.06. The van der Waals surface area contributed by atoms with Crippen LogP contribution in [0.1, 0.15) is 13.8 Å². The van der Waals surface area contributed by atoms with Crippen molar-refractivity contribution in [2.45, 2.75) is 13.8 Å². The molecule has 1 amide bonds. The van der Waals surface area contributed by atoms with Gasteiger partial charge >= 0.3 is 5.97 Å². The zero-order chi connectivity index (χ0) is 15.1. The number of carbonyl (C=O) groups is 2. The first-order chi connectivity index (χ1) is 9.38. The van der Waals surface area contributed by atoms with Crippen molar-refractivity contribution in [3.63, 3.8) is 0 Å². The molecule has 0 saturated carbocycles. The van der Waals surface area contributed by atoms with Crippen LogP contribution in [0.5, 0.6) is 0 Å². The third-order valence-electron chi connectivity index (χ3n) is 2.42. The number of benzene rings is 1. The molecule has 0 fully saturated rings. The first kappa shape index (κ1) is 15.8. The molecule has 0 heterocycles. The molecule has 1 aromatic rings. The van der Waals surface area contributed by atoms with Gasteiger partial charge < -0.3 is 15.0 Å². The van der Waals surface area contributed by atoms with Crippen LogP contribution in [-0.4, -0.2) is 32.6 Å². The zero-order valence-electron chi connectivity index (χ0n) is 12.3. The Hall–Kier alpha value is -2.30. The van der Waals surface area contributed by atoms with Crippen molar-refractivity contribution in [1.82, 2.24) is 0 Å². The summed E-state index contributed by atoms with van der Waals surface area (Å²) < 4.78 is 4.81. The Bertz CT molecular complexity index is 500. The van der Waals surface area contributed by atoms with Gasteiger partial charge in [0.25, 0.3) is 5.91 Å². The molecule has 0 saturated heterocycles. The second kappa shape index (κ2) is 7.33. The van der Waals surface area contributed by atoms with E-state index in [4.69, 9.17) is 4.74 Å². The number of allylic oxidation sites excluding steroid dienone is 1. The largest absolute Gasteiger partial charge is 0.452 e. The van der Waals surface area contributed by atoms with Crippen LogP contribution in [0.25, 0.3) is 0 Å². The van der Waals surface area contributed by atoms with Crippen LogP contribution >= 0.6 is 0 Å². The summed E-state index contributed by atoms with van der Waals surface area (Å²) in [5.41, 5.74) is 2.53. The van der Waals surface area contributed by atoms with E-state index in [1.54, 1.807) is 26.0 Å². The monoisotopic (exact) mass is 276 g/mol. The number of nitrogens with zero attached hydrogens (tertiary/aromatic N) is 1. The van der Waals surface area contributed by atoms with E-state index in [2.05, 4.69) is 5.32 Å². The van der Waals surface area contributed by atoms with E-state index in [0.29, 0.717) is 5.69 Å². The Balaban J connectivity index is 2.46. The molecule has 0 radical (unpaired) electrons. The SMILES string of the molecule is CC(C)=CC(=O)OCC(=O)Nc1ccc(N(C)C)cc1. The number of amides is 1. The summed E-state index contributed by atoms with van der Waals surface area (Å²) in [5.74, 6) is -0.874. The number of rotatable bonds is 5. The molecule has 0 aliphatic rings. The van der Waals surface area contributed by atoms with Crippen molar-refractivity contribution >= 4 is 23.3 Å². The number of hydrogen-bond acceptors (Lipinski definition) is 4. The fraction of sp³-hybridized carbons (Fsp3) is 0.333. The Labute approximate surface area is 119 Å². The fourth-order valence-corrected chi connectivity index (χ4v) is 1.45. The number of anilines is 2. The molecule has 0 aromatic heterocycles. The van der Waals surface area contributed by atoms with Gasteiger partial charge in [-0.3, -0.25) is 4.79 Å². The second-order valence-corrected chi connectivity index (χ2v) is 4.82. The quantitative estimate of drug-likeness (QED) is 0.661. The van der Waals surface area contributed by atoms with Crippen LogP contribution in [0.15, 0.2) is 35.9 Å². The molecule has 108 valence electrons. The Kier molecular flexibility index (Phi) is 5.77. The minimum Gasteiger partial charge on any atom is -0.452 e. The summed E-state index contributed by atoms with van der Waals surface area (Å²) in [7, 11) is 3.88. The Morgan fingerprint density at radius 2 is 1.80 bits per heavy atom. The number of nitrogens with one attached hydrogen (secondary N) is 1. The molecule has 20 heavy (non-hydrogen) atoms. The second-order valence-electron chi connectivity index (χ2n) is 4.82. The molecule has 0 aliphatic carbocycles. The van der Waals surface area contributed by atoms with Crippen molar-refractivity contribution in [2.75, 3.05) is 30.9 Å². The van der Waals surface area contributed by atoms with Crippen LogP contribution in [0, 0.1) is 0 Å². The summed E-state index contributed by atoms with van der Waals surface area (Å²) in [6.45, 7) is 3.28. The maximum absolute atomic E-state index is 11.6. The summed E-state index contributed by atoms with van der Waals surface area (Å²) in [5, 5.41) is 2.66. The average molecular weight is 276 g/mol. The Morgan fingerprint density at radius 1 is 1.20 bits per heavy atom. The summed E-state index contributed by atoms with van der Waals surface area (Å²) in [4.78, 5) is 24.8.